The zero-order valence-electron chi connectivity index (χ0n) is 26.2. The summed E-state index contributed by atoms with van der Waals surface area (Å²) in [6, 6.07) is 17.8. The van der Waals surface area contributed by atoms with Crippen LogP contribution in [0, 0.1) is 0 Å². The Kier molecular flexibility index (Phi) is 20.2. The molecule has 1 heterocycles. The van der Waals surface area contributed by atoms with Crippen LogP contribution in [0.2, 0.25) is 0 Å². The van der Waals surface area contributed by atoms with Gasteiger partial charge in [0.05, 0.1) is 12.2 Å². The Hall–Kier alpha value is -2.05. The normalized spacial score (nSPS) is 10.8. The van der Waals surface area contributed by atoms with E-state index in [2.05, 4.69) is 27.8 Å². The summed E-state index contributed by atoms with van der Waals surface area (Å²) in [7, 11) is 0. The van der Waals surface area contributed by atoms with Gasteiger partial charge in [0.2, 0.25) is 5.43 Å². The van der Waals surface area contributed by atoms with Crippen molar-refractivity contribution in [3.63, 3.8) is 0 Å². The van der Waals surface area contributed by atoms with Crippen LogP contribution < -0.4 is 14.9 Å². The molecule has 0 aliphatic rings. The van der Waals surface area contributed by atoms with E-state index in [4.69, 9.17) is 9.47 Å². The molecule has 3 aromatic rings. The molecule has 0 unspecified atom stereocenters. The van der Waals surface area contributed by atoms with E-state index in [9.17, 15) is 4.79 Å². The number of H-pyrrole nitrogens is 1. The molecule has 4 nitrogen and oxygen atoms in total. The van der Waals surface area contributed by atoms with Crippen LogP contribution in [-0.4, -0.2) is 11.6 Å². The van der Waals surface area contributed by atoms with Gasteiger partial charge in [0.1, 0.15) is 12.4 Å². The third-order valence-electron chi connectivity index (χ3n) is 7.91. The number of pyridine rings is 1. The first kappa shape index (κ1) is 37.1. The molecule has 0 aliphatic heterocycles. The monoisotopic (exact) mass is 717 g/mol. The Morgan fingerprint density at radius 2 is 1.21 bits per heavy atom. The highest BCUT2D eigenvalue weighted by molar-refractivity contribution is 9.08. The molecule has 0 amide bonds. The molecule has 0 radical (unpaired) electrons. The lowest BCUT2D eigenvalue weighted by molar-refractivity contribution is 0.300. The largest absolute Gasteiger partial charge is 0.489 e. The highest BCUT2D eigenvalue weighted by Gasteiger charge is 2.14. The van der Waals surface area contributed by atoms with Crippen molar-refractivity contribution in [1.29, 1.82) is 0 Å². The highest BCUT2D eigenvalue weighted by Crippen LogP contribution is 2.26. The molecule has 0 aliphatic carbocycles. The Morgan fingerprint density at radius 1 is 0.674 bits per heavy atom. The van der Waals surface area contributed by atoms with E-state index >= 15 is 0 Å². The molecule has 43 heavy (non-hydrogen) atoms. The number of ether oxygens (including phenoxy) is 2. The molecule has 3 rings (SSSR count). The van der Waals surface area contributed by atoms with E-state index in [0.717, 1.165) is 35.4 Å². The first-order valence-electron chi connectivity index (χ1n) is 16.4. The van der Waals surface area contributed by atoms with E-state index in [-0.39, 0.29) is 22.4 Å². The number of hydrogen-bond acceptors (Lipinski definition) is 3. The molecule has 0 saturated carbocycles. The third-order valence-corrected chi connectivity index (χ3v) is 8.47. The van der Waals surface area contributed by atoms with Crippen LogP contribution >= 0.6 is 32.9 Å². The number of benzene rings is 2. The molecular weight excluding hydrogens is 666 g/mol. The number of unbranched alkanes of at least 4 members (excludes halogenated alkanes) is 15. The third kappa shape index (κ3) is 14.5. The first-order chi connectivity index (χ1) is 20.7. The molecule has 0 bridgehead atoms. The lowest BCUT2D eigenvalue weighted by atomic mass is 10.0. The van der Waals surface area contributed by atoms with Crippen LogP contribution in [0.5, 0.6) is 11.5 Å². The van der Waals surface area contributed by atoms with Gasteiger partial charge >= 0.3 is 0 Å². The maximum Gasteiger partial charge on any atom is 0.231 e. The van der Waals surface area contributed by atoms with Crippen LogP contribution in [0.15, 0.2) is 65.6 Å². The highest BCUT2D eigenvalue weighted by atomic mass is 79.9. The first-order valence-corrected chi connectivity index (χ1v) is 17.6. The molecule has 238 valence electrons. The van der Waals surface area contributed by atoms with Crippen molar-refractivity contribution in [2.75, 3.05) is 6.61 Å². The van der Waals surface area contributed by atoms with Gasteiger partial charge in [0.15, 0.2) is 5.75 Å². The Labute approximate surface area is 279 Å². The second-order valence-electron chi connectivity index (χ2n) is 11.4. The quantitative estimate of drug-likeness (QED) is 0.0784. The fourth-order valence-electron chi connectivity index (χ4n) is 5.36. The topological polar surface area (TPSA) is 51.3 Å². The van der Waals surface area contributed by atoms with Gasteiger partial charge in [-0.3, -0.25) is 4.79 Å². The van der Waals surface area contributed by atoms with Crippen molar-refractivity contribution >= 4 is 32.9 Å². The van der Waals surface area contributed by atoms with Gasteiger partial charge in [-0.25, -0.2) is 0 Å². The zero-order valence-corrected chi connectivity index (χ0v) is 29.5. The maximum atomic E-state index is 13.4. The molecule has 6 heteroatoms. The van der Waals surface area contributed by atoms with E-state index in [1.807, 2.05) is 54.6 Å². The molecule has 0 atom stereocenters. The fourth-order valence-corrected chi connectivity index (χ4v) is 5.80. The van der Waals surface area contributed by atoms with Crippen LogP contribution in [0.4, 0.5) is 0 Å². The number of halogens is 2. The smallest absolute Gasteiger partial charge is 0.231 e. The number of rotatable bonds is 23. The summed E-state index contributed by atoms with van der Waals surface area (Å²) in [5.74, 6) is 1.16. The van der Waals surface area contributed by atoms with Gasteiger partial charge in [-0.1, -0.05) is 162 Å². The van der Waals surface area contributed by atoms with Crippen molar-refractivity contribution < 1.29 is 9.47 Å². The van der Waals surface area contributed by atoms with Crippen molar-refractivity contribution in [3.05, 3.63) is 82.3 Å². The number of hydrogen-bond donors (Lipinski definition) is 1. The van der Waals surface area contributed by atoms with E-state index in [1.54, 1.807) is 6.20 Å². The van der Waals surface area contributed by atoms with Gasteiger partial charge in [-0.05, 0) is 29.7 Å². The van der Waals surface area contributed by atoms with Crippen molar-refractivity contribution in [2.45, 2.75) is 122 Å². The molecule has 0 fully saturated rings. The van der Waals surface area contributed by atoms with Crippen molar-refractivity contribution in [1.82, 2.24) is 4.98 Å². The van der Waals surface area contributed by atoms with E-state index in [1.165, 1.54) is 89.9 Å². The maximum absolute atomic E-state index is 13.4. The summed E-state index contributed by atoms with van der Waals surface area (Å²) in [6.07, 6.45) is 23.1. The average Bonchev–Trinajstić information content (AvgIpc) is 3.03. The van der Waals surface area contributed by atoms with Gasteiger partial charge in [-0.15, -0.1) is 17.0 Å². The lowest BCUT2D eigenvalue weighted by Crippen LogP contribution is -2.14. The number of aromatic amines is 1. The van der Waals surface area contributed by atoms with Gasteiger partial charge in [0, 0.05) is 17.2 Å². The lowest BCUT2D eigenvalue weighted by Gasteiger charge is -2.12. The van der Waals surface area contributed by atoms with E-state index in [0.29, 0.717) is 29.9 Å². The van der Waals surface area contributed by atoms with Crippen molar-refractivity contribution in [2.24, 2.45) is 0 Å². The SMILES string of the molecule is Br.CCCCCCCCCCCCCCCCCCOc1c[nH]c(CBr)c(-c2ccc(OCc3ccccc3)cc2)c1=O. The van der Waals surface area contributed by atoms with Crippen LogP contribution in [0.1, 0.15) is 121 Å². The number of alkyl halides is 1. The minimum atomic E-state index is -0.0716. The Morgan fingerprint density at radius 3 is 1.74 bits per heavy atom. The fraction of sp³-hybridized carbons (Fsp3) is 0.541. The van der Waals surface area contributed by atoms with Crippen molar-refractivity contribution in [3.8, 4) is 22.6 Å². The van der Waals surface area contributed by atoms with Gasteiger partial charge < -0.3 is 14.5 Å². The Balaban J connectivity index is 0.00000645. The van der Waals surface area contributed by atoms with Crippen LogP contribution in [0.3, 0.4) is 0 Å². The van der Waals surface area contributed by atoms with Crippen LogP contribution in [-0.2, 0) is 11.9 Å². The predicted molar refractivity (Wildman–Crippen MR) is 191 cm³/mol. The molecule has 1 aromatic heterocycles. The minimum Gasteiger partial charge on any atom is -0.489 e. The predicted octanol–water partition coefficient (Wildman–Crippen LogP) is 11.7. The standard InChI is InChI=1S/C37H52BrNO3.BrH/c1-2-3-4-5-6-7-8-9-10-11-12-13-14-15-16-20-27-41-35-29-39-34(28-38)36(37(35)40)32-23-25-33(26-24-32)42-30-31-21-18-17-19-22-31;/h17-19,21-26,29H,2-16,20,27-28,30H2,1H3,(H,39,40);1H. The van der Waals surface area contributed by atoms with Gasteiger partial charge in [0.25, 0.3) is 0 Å². The summed E-state index contributed by atoms with van der Waals surface area (Å²) < 4.78 is 11.9. The minimum absolute atomic E-state index is 0. The summed E-state index contributed by atoms with van der Waals surface area (Å²) >= 11 is 3.52. The zero-order chi connectivity index (χ0) is 29.7. The summed E-state index contributed by atoms with van der Waals surface area (Å²) in [6.45, 7) is 3.36. The van der Waals surface area contributed by atoms with Gasteiger partial charge in [-0.2, -0.15) is 0 Å². The molecule has 2 aromatic carbocycles. The second-order valence-corrected chi connectivity index (χ2v) is 12.0. The summed E-state index contributed by atoms with van der Waals surface area (Å²) in [5.41, 5.74) is 3.38. The molecule has 0 saturated heterocycles. The molecule has 1 N–H and O–H groups in total. The summed E-state index contributed by atoms with van der Waals surface area (Å²) in [5, 5.41) is 0.559. The second kappa shape index (κ2) is 23.3. The number of aromatic nitrogens is 1. The number of nitrogens with one attached hydrogen (secondary N) is 1. The van der Waals surface area contributed by atoms with Crippen LogP contribution in [0.25, 0.3) is 11.1 Å². The Bertz CT molecular complexity index is 1160. The van der Waals surface area contributed by atoms with E-state index < -0.39 is 0 Å². The molecular formula is C37H53Br2NO3. The average molecular weight is 720 g/mol. The molecule has 0 spiro atoms. The summed E-state index contributed by atoms with van der Waals surface area (Å²) in [4.78, 5) is 16.6.